The van der Waals surface area contributed by atoms with Crippen LogP contribution in [-0.2, 0) is 9.53 Å². The van der Waals surface area contributed by atoms with Gasteiger partial charge in [0.1, 0.15) is 0 Å². The van der Waals surface area contributed by atoms with E-state index in [2.05, 4.69) is 19.2 Å². The van der Waals surface area contributed by atoms with Crippen molar-refractivity contribution in [3.63, 3.8) is 0 Å². The average molecular weight is 255 g/mol. The number of hydrogen-bond acceptors (Lipinski definition) is 2. The number of amides is 1. The van der Waals surface area contributed by atoms with Crippen molar-refractivity contribution in [2.24, 2.45) is 5.92 Å². The summed E-state index contributed by atoms with van der Waals surface area (Å²) < 4.78 is 5.29. The van der Waals surface area contributed by atoms with E-state index in [0.29, 0.717) is 6.04 Å². The lowest BCUT2D eigenvalue weighted by atomic mass is 10.00. The first-order valence-corrected chi connectivity index (χ1v) is 7.62. The van der Waals surface area contributed by atoms with Gasteiger partial charge in [-0.05, 0) is 19.3 Å². The minimum atomic E-state index is 0.162. The molecule has 1 fully saturated rings. The van der Waals surface area contributed by atoms with E-state index in [1.807, 2.05) is 0 Å². The summed E-state index contributed by atoms with van der Waals surface area (Å²) in [5.41, 5.74) is 0. The number of hydrogen-bond donors (Lipinski definition) is 1. The maximum absolute atomic E-state index is 12.0. The van der Waals surface area contributed by atoms with Gasteiger partial charge in [-0.3, -0.25) is 4.79 Å². The molecular weight excluding hydrogens is 226 g/mol. The first kappa shape index (κ1) is 15.5. The average Bonchev–Trinajstić information content (AvgIpc) is 2.39. The van der Waals surface area contributed by atoms with Crippen molar-refractivity contribution < 1.29 is 9.53 Å². The molecule has 0 aliphatic carbocycles. The van der Waals surface area contributed by atoms with Gasteiger partial charge in [-0.15, -0.1) is 0 Å². The molecule has 1 aliphatic rings. The van der Waals surface area contributed by atoms with E-state index in [4.69, 9.17) is 4.74 Å². The molecule has 0 bridgehead atoms. The molecule has 18 heavy (non-hydrogen) atoms. The van der Waals surface area contributed by atoms with E-state index in [-0.39, 0.29) is 11.8 Å². The van der Waals surface area contributed by atoms with Gasteiger partial charge in [-0.1, -0.05) is 46.0 Å². The molecule has 3 heteroatoms. The monoisotopic (exact) mass is 255 g/mol. The maximum atomic E-state index is 12.0. The van der Waals surface area contributed by atoms with Gasteiger partial charge in [0.25, 0.3) is 0 Å². The first-order valence-electron chi connectivity index (χ1n) is 7.62. The second-order valence-electron chi connectivity index (χ2n) is 5.50. The van der Waals surface area contributed by atoms with E-state index in [0.717, 1.165) is 32.5 Å². The van der Waals surface area contributed by atoms with Crippen LogP contribution in [0.15, 0.2) is 0 Å². The van der Waals surface area contributed by atoms with Gasteiger partial charge >= 0.3 is 0 Å². The van der Waals surface area contributed by atoms with Gasteiger partial charge in [0.05, 0.1) is 0 Å². The molecule has 1 heterocycles. The fourth-order valence-electron chi connectivity index (χ4n) is 2.37. The standard InChI is InChI=1S/C15H29NO2/c1-3-4-5-6-7-8-13(2)15(17)16-14-9-11-18-12-10-14/h13-14H,3-12H2,1-2H3,(H,16,17). The Kier molecular flexibility index (Phi) is 8.06. The zero-order chi connectivity index (χ0) is 13.2. The Morgan fingerprint density at radius 3 is 2.56 bits per heavy atom. The zero-order valence-electron chi connectivity index (χ0n) is 12.0. The fraction of sp³-hybridized carbons (Fsp3) is 0.933. The van der Waals surface area contributed by atoms with Crippen LogP contribution in [0.4, 0.5) is 0 Å². The predicted molar refractivity (Wildman–Crippen MR) is 74.5 cm³/mol. The quantitative estimate of drug-likeness (QED) is 0.676. The lowest BCUT2D eigenvalue weighted by Gasteiger charge is -2.24. The molecular formula is C15H29NO2. The summed E-state index contributed by atoms with van der Waals surface area (Å²) in [6.45, 7) is 5.85. The SMILES string of the molecule is CCCCCCCC(C)C(=O)NC1CCOCC1. The van der Waals surface area contributed by atoms with E-state index in [9.17, 15) is 4.79 Å². The highest BCUT2D eigenvalue weighted by atomic mass is 16.5. The summed E-state index contributed by atoms with van der Waals surface area (Å²) in [5.74, 6) is 0.395. The molecule has 1 saturated heterocycles. The minimum absolute atomic E-state index is 0.162. The van der Waals surface area contributed by atoms with Crippen LogP contribution in [0.25, 0.3) is 0 Å². The summed E-state index contributed by atoms with van der Waals surface area (Å²) in [5, 5.41) is 3.15. The molecule has 1 unspecified atom stereocenters. The number of rotatable bonds is 8. The summed E-state index contributed by atoms with van der Waals surface area (Å²) in [7, 11) is 0. The van der Waals surface area contributed by atoms with Gasteiger partial charge in [-0.2, -0.15) is 0 Å². The van der Waals surface area contributed by atoms with Gasteiger partial charge in [-0.25, -0.2) is 0 Å². The highest BCUT2D eigenvalue weighted by molar-refractivity contribution is 5.78. The highest BCUT2D eigenvalue weighted by Gasteiger charge is 2.19. The Morgan fingerprint density at radius 2 is 1.89 bits per heavy atom. The van der Waals surface area contributed by atoms with Crippen molar-refractivity contribution in [2.45, 2.75) is 71.3 Å². The minimum Gasteiger partial charge on any atom is -0.381 e. The Labute approximate surface area is 112 Å². The van der Waals surface area contributed by atoms with Crippen LogP contribution < -0.4 is 5.32 Å². The molecule has 0 radical (unpaired) electrons. The second kappa shape index (κ2) is 9.37. The van der Waals surface area contributed by atoms with Crippen LogP contribution in [0.3, 0.4) is 0 Å². The summed E-state index contributed by atoms with van der Waals surface area (Å²) in [6, 6.07) is 0.341. The second-order valence-corrected chi connectivity index (χ2v) is 5.50. The lowest BCUT2D eigenvalue weighted by Crippen LogP contribution is -2.41. The number of carbonyl (C=O) groups is 1. The van der Waals surface area contributed by atoms with Gasteiger partial charge in [0, 0.05) is 25.2 Å². The van der Waals surface area contributed by atoms with Crippen LogP contribution in [0, 0.1) is 5.92 Å². The molecule has 1 aliphatic heterocycles. The van der Waals surface area contributed by atoms with E-state index < -0.39 is 0 Å². The molecule has 106 valence electrons. The van der Waals surface area contributed by atoms with Crippen molar-refractivity contribution in [2.75, 3.05) is 13.2 Å². The largest absolute Gasteiger partial charge is 0.381 e. The maximum Gasteiger partial charge on any atom is 0.223 e. The van der Waals surface area contributed by atoms with Crippen LogP contribution in [0.2, 0.25) is 0 Å². The Balaban J connectivity index is 2.08. The number of nitrogens with one attached hydrogen (secondary N) is 1. The molecule has 1 N–H and O–H groups in total. The molecule has 0 aromatic heterocycles. The molecule has 0 saturated carbocycles. The molecule has 0 aromatic carbocycles. The van der Waals surface area contributed by atoms with E-state index in [1.165, 1.54) is 32.1 Å². The third-order valence-electron chi connectivity index (χ3n) is 3.76. The van der Waals surface area contributed by atoms with Crippen LogP contribution in [0.1, 0.15) is 65.2 Å². The molecule has 0 spiro atoms. The number of unbranched alkanes of at least 4 members (excludes halogenated alkanes) is 4. The zero-order valence-corrected chi connectivity index (χ0v) is 12.0. The summed E-state index contributed by atoms with van der Waals surface area (Å²) in [6.07, 6.45) is 9.32. The normalized spacial score (nSPS) is 18.6. The van der Waals surface area contributed by atoms with Crippen molar-refractivity contribution in [1.29, 1.82) is 0 Å². The summed E-state index contributed by atoms with van der Waals surface area (Å²) in [4.78, 5) is 12.0. The van der Waals surface area contributed by atoms with Crippen molar-refractivity contribution in [1.82, 2.24) is 5.32 Å². The summed E-state index contributed by atoms with van der Waals surface area (Å²) >= 11 is 0. The van der Waals surface area contributed by atoms with Crippen LogP contribution >= 0.6 is 0 Å². The van der Waals surface area contributed by atoms with E-state index in [1.54, 1.807) is 0 Å². The van der Waals surface area contributed by atoms with Gasteiger partial charge < -0.3 is 10.1 Å². The Morgan fingerprint density at radius 1 is 1.22 bits per heavy atom. The Hall–Kier alpha value is -0.570. The molecule has 3 nitrogen and oxygen atoms in total. The Bertz CT molecular complexity index is 225. The van der Waals surface area contributed by atoms with E-state index >= 15 is 0 Å². The molecule has 0 aromatic rings. The van der Waals surface area contributed by atoms with Crippen molar-refractivity contribution in [3.05, 3.63) is 0 Å². The molecule has 1 rings (SSSR count). The number of carbonyl (C=O) groups excluding carboxylic acids is 1. The number of ether oxygens (including phenoxy) is 1. The molecule has 1 amide bonds. The van der Waals surface area contributed by atoms with Crippen LogP contribution in [-0.4, -0.2) is 25.2 Å². The van der Waals surface area contributed by atoms with Crippen LogP contribution in [0.5, 0.6) is 0 Å². The predicted octanol–water partition coefficient (Wildman–Crippen LogP) is 3.28. The van der Waals surface area contributed by atoms with Gasteiger partial charge in [0.15, 0.2) is 0 Å². The van der Waals surface area contributed by atoms with Gasteiger partial charge in [0.2, 0.25) is 5.91 Å². The molecule has 1 atom stereocenters. The highest BCUT2D eigenvalue weighted by Crippen LogP contribution is 2.13. The smallest absolute Gasteiger partial charge is 0.223 e. The topological polar surface area (TPSA) is 38.3 Å². The van der Waals surface area contributed by atoms with Crippen molar-refractivity contribution >= 4 is 5.91 Å². The first-order chi connectivity index (χ1) is 8.74. The third-order valence-corrected chi connectivity index (χ3v) is 3.76. The van der Waals surface area contributed by atoms with Crippen molar-refractivity contribution in [3.8, 4) is 0 Å². The lowest BCUT2D eigenvalue weighted by molar-refractivity contribution is -0.126. The third kappa shape index (κ3) is 6.39. The fourth-order valence-corrected chi connectivity index (χ4v) is 2.37.